The number of rotatable bonds is 5. The van der Waals surface area contributed by atoms with Crippen molar-refractivity contribution in [2.24, 2.45) is 5.92 Å². The van der Waals surface area contributed by atoms with Gasteiger partial charge < -0.3 is 14.2 Å². The Morgan fingerprint density at radius 1 is 1.39 bits per heavy atom. The SMILES string of the molecule is CC(C1CCCCC1)N(C)C(=O)c1cc(COC(C)(C)C)on1. The molecule has 1 saturated carbocycles. The third-order valence-electron chi connectivity index (χ3n) is 4.69. The summed E-state index contributed by atoms with van der Waals surface area (Å²) in [4.78, 5) is 14.4. The van der Waals surface area contributed by atoms with Crippen LogP contribution in [-0.2, 0) is 11.3 Å². The second-order valence-electron chi connectivity index (χ2n) is 7.63. The third-order valence-corrected chi connectivity index (χ3v) is 4.69. The van der Waals surface area contributed by atoms with Crippen molar-refractivity contribution in [2.45, 2.75) is 78.0 Å². The highest BCUT2D eigenvalue weighted by molar-refractivity contribution is 5.92. The van der Waals surface area contributed by atoms with Crippen LogP contribution in [0, 0.1) is 5.92 Å². The van der Waals surface area contributed by atoms with Gasteiger partial charge in [0.05, 0.1) is 5.60 Å². The lowest BCUT2D eigenvalue weighted by atomic mass is 9.84. The first-order valence-corrected chi connectivity index (χ1v) is 8.64. The molecule has 1 aliphatic carbocycles. The molecule has 0 spiro atoms. The van der Waals surface area contributed by atoms with Crippen LogP contribution in [-0.4, -0.2) is 34.7 Å². The van der Waals surface area contributed by atoms with Crippen LogP contribution in [0.5, 0.6) is 0 Å². The molecule has 0 aromatic carbocycles. The Morgan fingerprint density at radius 2 is 2.04 bits per heavy atom. The van der Waals surface area contributed by atoms with E-state index >= 15 is 0 Å². The maximum absolute atomic E-state index is 12.6. The molecule has 23 heavy (non-hydrogen) atoms. The molecule has 1 heterocycles. The minimum Gasteiger partial charge on any atom is -0.368 e. The van der Waals surface area contributed by atoms with Crippen molar-refractivity contribution >= 4 is 5.91 Å². The molecule has 1 amide bonds. The fourth-order valence-corrected chi connectivity index (χ4v) is 3.07. The molecule has 0 saturated heterocycles. The summed E-state index contributed by atoms with van der Waals surface area (Å²) >= 11 is 0. The summed E-state index contributed by atoms with van der Waals surface area (Å²) < 4.78 is 10.9. The second kappa shape index (κ2) is 7.47. The predicted molar refractivity (Wildman–Crippen MR) is 89.2 cm³/mol. The van der Waals surface area contributed by atoms with Crippen molar-refractivity contribution in [1.29, 1.82) is 0 Å². The van der Waals surface area contributed by atoms with E-state index in [9.17, 15) is 4.79 Å². The zero-order valence-corrected chi connectivity index (χ0v) is 15.1. The highest BCUT2D eigenvalue weighted by Crippen LogP contribution is 2.29. The smallest absolute Gasteiger partial charge is 0.276 e. The lowest BCUT2D eigenvalue weighted by molar-refractivity contribution is -0.0241. The maximum atomic E-state index is 12.6. The van der Waals surface area contributed by atoms with Gasteiger partial charge in [-0.1, -0.05) is 24.4 Å². The Morgan fingerprint density at radius 3 is 2.65 bits per heavy atom. The maximum Gasteiger partial charge on any atom is 0.276 e. The average molecular weight is 322 g/mol. The first kappa shape index (κ1) is 18.0. The molecule has 1 aromatic heterocycles. The van der Waals surface area contributed by atoms with Crippen molar-refractivity contribution in [3.05, 3.63) is 17.5 Å². The van der Waals surface area contributed by atoms with Gasteiger partial charge in [-0.25, -0.2) is 0 Å². The average Bonchev–Trinajstić information content (AvgIpc) is 3.00. The van der Waals surface area contributed by atoms with Gasteiger partial charge in [-0.3, -0.25) is 4.79 Å². The van der Waals surface area contributed by atoms with Crippen LogP contribution >= 0.6 is 0 Å². The first-order chi connectivity index (χ1) is 10.8. The molecule has 1 atom stereocenters. The van der Waals surface area contributed by atoms with Gasteiger partial charge in [0.1, 0.15) is 6.61 Å². The molecule has 1 aromatic rings. The summed E-state index contributed by atoms with van der Waals surface area (Å²) in [7, 11) is 1.86. The third kappa shape index (κ3) is 5.06. The number of hydrogen-bond acceptors (Lipinski definition) is 4. The first-order valence-electron chi connectivity index (χ1n) is 8.64. The number of carbonyl (C=O) groups is 1. The Hall–Kier alpha value is -1.36. The van der Waals surface area contributed by atoms with E-state index in [2.05, 4.69) is 12.1 Å². The van der Waals surface area contributed by atoms with E-state index in [1.807, 2.05) is 32.7 Å². The van der Waals surface area contributed by atoms with Crippen molar-refractivity contribution in [2.75, 3.05) is 7.05 Å². The van der Waals surface area contributed by atoms with Gasteiger partial charge in [0, 0.05) is 19.2 Å². The minimum atomic E-state index is -0.247. The molecule has 5 heteroatoms. The summed E-state index contributed by atoms with van der Waals surface area (Å²) in [5, 5.41) is 3.92. The largest absolute Gasteiger partial charge is 0.368 e. The van der Waals surface area contributed by atoms with Crippen LogP contribution in [0.2, 0.25) is 0 Å². The van der Waals surface area contributed by atoms with Crippen LogP contribution in [0.4, 0.5) is 0 Å². The highest BCUT2D eigenvalue weighted by Gasteiger charge is 2.28. The zero-order valence-electron chi connectivity index (χ0n) is 15.1. The molecule has 130 valence electrons. The zero-order chi connectivity index (χ0) is 17.0. The molecule has 0 aliphatic heterocycles. The van der Waals surface area contributed by atoms with Crippen LogP contribution < -0.4 is 0 Å². The normalized spacial score (nSPS) is 18.0. The van der Waals surface area contributed by atoms with Crippen molar-refractivity contribution in [1.82, 2.24) is 10.1 Å². The van der Waals surface area contributed by atoms with E-state index in [0.717, 1.165) is 0 Å². The number of hydrogen-bond donors (Lipinski definition) is 0. The number of ether oxygens (including phenoxy) is 1. The van der Waals surface area contributed by atoms with Gasteiger partial charge in [-0.15, -0.1) is 0 Å². The van der Waals surface area contributed by atoms with Gasteiger partial charge >= 0.3 is 0 Å². The van der Waals surface area contributed by atoms with Crippen molar-refractivity contribution in [3.8, 4) is 0 Å². The van der Waals surface area contributed by atoms with E-state index in [4.69, 9.17) is 9.26 Å². The van der Waals surface area contributed by atoms with Crippen molar-refractivity contribution in [3.63, 3.8) is 0 Å². The summed E-state index contributed by atoms with van der Waals surface area (Å²) in [5.41, 5.74) is 0.117. The number of aromatic nitrogens is 1. The van der Waals surface area contributed by atoms with Crippen molar-refractivity contribution < 1.29 is 14.1 Å². The Kier molecular flexibility index (Phi) is 5.84. The van der Waals surface area contributed by atoms with Gasteiger partial charge in [-0.2, -0.15) is 0 Å². The van der Waals surface area contributed by atoms with E-state index in [0.29, 0.717) is 24.0 Å². The van der Waals surface area contributed by atoms with Crippen LogP contribution in [0.1, 0.15) is 76.0 Å². The molecular weight excluding hydrogens is 292 g/mol. The lowest BCUT2D eigenvalue weighted by Gasteiger charge is -2.33. The van der Waals surface area contributed by atoms with E-state index in [-0.39, 0.29) is 17.6 Å². The fourth-order valence-electron chi connectivity index (χ4n) is 3.07. The summed E-state index contributed by atoms with van der Waals surface area (Å²) in [6.45, 7) is 8.41. The summed E-state index contributed by atoms with van der Waals surface area (Å²) in [5.74, 6) is 1.10. The molecular formula is C18H30N2O3. The Labute approximate surface area is 139 Å². The minimum absolute atomic E-state index is 0.0752. The fraction of sp³-hybridized carbons (Fsp3) is 0.778. The number of nitrogens with zero attached hydrogens (tertiary/aromatic N) is 2. The van der Waals surface area contributed by atoms with Crippen LogP contribution in [0.25, 0.3) is 0 Å². The van der Waals surface area contributed by atoms with Crippen LogP contribution in [0.15, 0.2) is 10.6 Å². The second-order valence-corrected chi connectivity index (χ2v) is 7.63. The lowest BCUT2D eigenvalue weighted by Crippen LogP contribution is -2.40. The summed E-state index contributed by atoms with van der Waals surface area (Å²) in [6, 6.07) is 1.92. The molecule has 2 rings (SSSR count). The van der Waals surface area contributed by atoms with Gasteiger partial charge in [0.25, 0.3) is 5.91 Å². The molecule has 0 radical (unpaired) electrons. The van der Waals surface area contributed by atoms with Gasteiger partial charge in [0.15, 0.2) is 11.5 Å². The highest BCUT2D eigenvalue weighted by atomic mass is 16.5. The molecule has 1 fully saturated rings. The Bertz CT molecular complexity index is 513. The standard InChI is InChI=1S/C18H30N2O3/c1-13(14-9-7-6-8-10-14)20(5)17(21)16-11-15(23-19-16)12-22-18(2,3)4/h11,13-14H,6-10,12H2,1-5H3. The van der Waals surface area contributed by atoms with E-state index in [1.165, 1.54) is 32.1 Å². The summed E-state index contributed by atoms with van der Waals surface area (Å²) in [6.07, 6.45) is 6.29. The van der Waals surface area contributed by atoms with Gasteiger partial charge in [0.2, 0.25) is 0 Å². The molecule has 5 nitrogen and oxygen atoms in total. The van der Waals surface area contributed by atoms with E-state index in [1.54, 1.807) is 6.07 Å². The predicted octanol–water partition coefficient (Wildman–Crippen LogP) is 4.03. The van der Waals surface area contributed by atoms with Gasteiger partial charge in [-0.05, 0) is 46.5 Å². The van der Waals surface area contributed by atoms with Crippen LogP contribution in [0.3, 0.4) is 0 Å². The molecule has 0 bridgehead atoms. The quantitative estimate of drug-likeness (QED) is 0.821. The molecule has 1 aliphatic rings. The molecule has 0 N–H and O–H groups in total. The number of carbonyl (C=O) groups excluding carboxylic acids is 1. The monoisotopic (exact) mass is 322 g/mol. The van der Waals surface area contributed by atoms with E-state index < -0.39 is 0 Å². The topological polar surface area (TPSA) is 55.6 Å². The molecule has 1 unspecified atom stereocenters. The Balaban J connectivity index is 1.95. The number of amides is 1.